The van der Waals surface area contributed by atoms with Crippen LogP contribution in [0.15, 0.2) is 0 Å². The molecule has 1 fully saturated rings. The first-order valence-corrected chi connectivity index (χ1v) is 7.45. The molecule has 1 unspecified atom stereocenters. The summed E-state index contributed by atoms with van der Waals surface area (Å²) >= 11 is 0. The Hall–Kier alpha value is -0.170. The first-order chi connectivity index (χ1) is 7.53. The Morgan fingerprint density at radius 1 is 1.44 bits per heavy atom. The maximum atomic E-state index is 11.5. The summed E-state index contributed by atoms with van der Waals surface area (Å²) in [6.45, 7) is 2.63. The summed E-state index contributed by atoms with van der Waals surface area (Å²) in [5.74, 6) is 0.563. The SMILES string of the molecule is CN1CCC(CNS(=O)(=O)CCCCO)C1. The van der Waals surface area contributed by atoms with Crippen molar-refractivity contribution in [3.63, 3.8) is 0 Å². The van der Waals surface area contributed by atoms with Gasteiger partial charge in [-0.2, -0.15) is 0 Å². The third kappa shape index (κ3) is 5.25. The molecule has 5 nitrogen and oxygen atoms in total. The molecule has 6 heteroatoms. The Bertz CT molecular complexity index is 292. The van der Waals surface area contributed by atoms with Crippen LogP contribution in [0.5, 0.6) is 0 Å². The van der Waals surface area contributed by atoms with Crippen molar-refractivity contribution in [1.29, 1.82) is 0 Å². The molecule has 1 rings (SSSR count). The monoisotopic (exact) mass is 250 g/mol. The fraction of sp³-hybridized carbons (Fsp3) is 1.00. The number of aliphatic hydroxyl groups is 1. The predicted molar refractivity (Wildman–Crippen MR) is 63.7 cm³/mol. The quantitative estimate of drug-likeness (QED) is 0.605. The molecule has 96 valence electrons. The highest BCUT2D eigenvalue weighted by atomic mass is 32.2. The molecule has 2 N–H and O–H groups in total. The van der Waals surface area contributed by atoms with Gasteiger partial charge in [-0.25, -0.2) is 13.1 Å². The number of sulfonamides is 1. The van der Waals surface area contributed by atoms with Crippen LogP contribution in [0.2, 0.25) is 0 Å². The third-order valence-corrected chi connectivity index (χ3v) is 4.33. The number of nitrogens with one attached hydrogen (secondary N) is 1. The molecule has 0 saturated carbocycles. The normalized spacial score (nSPS) is 22.8. The zero-order valence-corrected chi connectivity index (χ0v) is 10.7. The fourth-order valence-corrected chi connectivity index (χ4v) is 3.13. The lowest BCUT2D eigenvalue weighted by Crippen LogP contribution is -2.32. The Kier molecular flexibility index (Phi) is 5.68. The molecule has 0 aromatic heterocycles. The topological polar surface area (TPSA) is 69.6 Å². The Balaban J connectivity index is 2.20. The molecular formula is C10H22N2O3S. The van der Waals surface area contributed by atoms with E-state index < -0.39 is 10.0 Å². The number of hydrogen-bond acceptors (Lipinski definition) is 4. The highest BCUT2D eigenvalue weighted by molar-refractivity contribution is 7.89. The average Bonchev–Trinajstić information content (AvgIpc) is 2.62. The second-order valence-corrected chi connectivity index (χ2v) is 6.44. The zero-order chi connectivity index (χ0) is 12.0. The van der Waals surface area contributed by atoms with Crippen molar-refractivity contribution in [1.82, 2.24) is 9.62 Å². The third-order valence-electron chi connectivity index (χ3n) is 2.90. The van der Waals surface area contributed by atoms with E-state index in [1.54, 1.807) is 0 Å². The van der Waals surface area contributed by atoms with Gasteiger partial charge in [-0.3, -0.25) is 0 Å². The van der Waals surface area contributed by atoms with Gasteiger partial charge in [0.25, 0.3) is 0 Å². The number of aliphatic hydroxyl groups excluding tert-OH is 1. The molecule has 1 saturated heterocycles. The van der Waals surface area contributed by atoms with Gasteiger partial charge < -0.3 is 10.0 Å². The van der Waals surface area contributed by atoms with Crippen molar-refractivity contribution < 1.29 is 13.5 Å². The van der Waals surface area contributed by atoms with Crippen LogP contribution in [0.25, 0.3) is 0 Å². The van der Waals surface area contributed by atoms with Crippen molar-refractivity contribution in [3.8, 4) is 0 Å². The highest BCUT2D eigenvalue weighted by Crippen LogP contribution is 2.13. The van der Waals surface area contributed by atoms with Crippen molar-refractivity contribution in [2.75, 3.05) is 39.0 Å². The lowest BCUT2D eigenvalue weighted by atomic mass is 10.1. The molecule has 0 aromatic carbocycles. The van der Waals surface area contributed by atoms with Crippen LogP contribution in [0.4, 0.5) is 0 Å². The van der Waals surface area contributed by atoms with Gasteiger partial charge in [0.2, 0.25) is 10.0 Å². The van der Waals surface area contributed by atoms with Crippen LogP contribution < -0.4 is 4.72 Å². The van der Waals surface area contributed by atoms with Crippen molar-refractivity contribution >= 4 is 10.0 Å². The van der Waals surface area contributed by atoms with Crippen LogP contribution in [0, 0.1) is 5.92 Å². The Labute approximate surface area is 97.9 Å². The molecule has 0 radical (unpaired) electrons. The molecule has 0 aromatic rings. The van der Waals surface area contributed by atoms with Gasteiger partial charge in [-0.05, 0) is 38.8 Å². The lowest BCUT2D eigenvalue weighted by molar-refractivity contribution is 0.287. The smallest absolute Gasteiger partial charge is 0.211 e. The summed E-state index contributed by atoms with van der Waals surface area (Å²) in [5, 5.41) is 8.57. The molecule has 0 aliphatic carbocycles. The van der Waals surface area contributed by atoms with Crippen molar-refractivity contribution in [3.05, 3.63) is 0 Å². The minimum Gasteiger partial charge on any atom is -0.396 e. The van der Waals surface area contributed by atoms with Gasteiger partial charge >= 0.3 is 0 Å². The number of hydrogen-bond donors (Lipinski definition) is 2. The lowest BCUT2D eigenvalue weighted by Gasteiger charge is -2.11. The Morgan fingerprint density at radius 2 is 2.19 bits per heavy atom. The van der Waals surface area contributed by atoms with E-state index >= 15 is 0 Å². The first-order valence-electron chi connectivity index (χ1n) is 5.80. The van der Waals surface area contributed by atoms with Crippen molar-refractivity contribution in [2.24, 2.45) is 5.92 Å². The number of rotatable bonds is 7. The Morgan fingerprint density at radius 3 is 2.75 bits per heavy atom. The summed E-state index contributed by atoms with van der Waals surface area (Å²) in [6.07, 6.45) is 2.14. The van der Waals surface area contributed by atoms with E-state index in [2.05, 4.69) is 16.7 Å². The van der Waals surface area contributed by atoms with Crippen LogP contribution in [0.3, 0.4) is 0 Å². The summed E-state index contributed by atoms with van der Waals surface area (Å²) in [4.78, 5) is 2.21. The molecule has 1 atom stereocenters. The molecular weight excluding hydrogens is 228 g/mol. The maximum absolute atomic E-state index is 11.5. The summed E-state index contributed by atoms with van der Waals surface area (Å²) in [5.41, 5.74) is 0. The molecule has 0 bridgehead atoms. The van der Waals surface area contributed by atoms with Crippen molar-refractivity contribution in [2.45, 2.75) is 19.3 Å². The van der Waals surface area contributed by atoms with Gasteiger partial charge in [0.05, 0.1) is 5.75 Å². The second kappa shape index (κ2) is 6.54. The average molecular weight is 250 g/mol. The second-order valence-electron chi connectivity index (χ2n) is 4.51. The molecule has 16 heavy (non-hydrogen) atoms. The summed E-state index contributed by atoms with van der Waals surface area (Å²) < 4.78 is 25.7. The number of unbranched alkanes of at least 4 members (excludes halogenated alkanes) is 1. The van der Waals surface area contributed by atoms with Gasteiger partial charge in [0.1, 0.15) is 0 Å². The minimum atomic E-state index is -3.14. The van der Waals surface area contributed by atoms with E-state index in [4.69, 9.17) is 5.11 Å². The van der Waals surface area contributed by atoms with Gasteiger partial charge in [-0.15, -0.1) is 0 Å². The molecule has 0 amide bonds. The molecule has 1 aliphatic heterocycles. The number of likely N-dealkylation sites (tertiary alicyclic amines) is 1. The maximum Gasteiger partial charge on any atom is 0.211 e. The van der Waals surface area contributed by atoms with E-state index in [0.717, 1.165) is 19.5 Å². The highest BCUT2D eigenvalue weighted by Gasteiger charge is 2.21. The van der Waals surface area contributed by atoms with E-state index in [-0.39, 0.29) is 12.4 Å². The standard InChI is InChI=1S/C10H22N2O3S/c1-12-5-4-10(9-12)8-11-16(14,15)7-3-2-6-13/h10-11,13H,2-9H2,1H3. The molecule has 1 heterocycles. The van der Waals surface area contributed by atoms with Crippen LogP contribution >= 0.6 is 0 Å². The van der Waals surface area contributed by atoms with E-state index in [1.165, 1.54) is 0 Å². The molecule has 1 aliphatic rings. The summed E-state index contributed by atoms with van der Waals surface area (Å²) in [7, 11) is -1.09. The fourth-order valence-electron chi connectivity index (χ4n) is 1.91. The summed E-state index contributed by atoms with van der Waals surface area (Å²) in [6, 6.07) is 0. The largest absolute Gasteiger partial charge is 0.396 e. The van der Waals surface area contributed by atoms with Gasteiger partial charge in [0.15, 0.2) is 0 Å². The zero-order valence-electron chi connectivity index (χ0n) is 9.85. The predicted octanol–water partition coefficient (Wildman–Crippen LogP) is -0.370. The first kappa shape index (κ1) is 13.9. The van der Waals surface area contributed by atoms with Gasteiger partial charge in [-0.1, -0.05) is 0 Å². The molecule has 0 spiro atoms. The van der Waals surface area contributed by atoms with Crippen LogP contribution in [-0.2, 0) is 10.0 Å². The van der Waals surface area contributed by atoms with E-state index in [9.17, 15) is 8.42 Å². The van der Waals surface area contributed by atoms with Gasteiger partial charge in [0, 0.05) is 19.7 Å². The van der Waals surface area contributed by atoms with E-state index in [1.807, 2.05) is 0 Å². The number of nitrogens with zero attached hydrogens (tertiary/aromatic N) is 1. The van der Waals surface area contributed by atoms with E-state index in [0.29, 0.717) is 25.3 Å². The minimum absolute atomic E-state index is 0.0585. The van der Waals surface area contributed by atoms with Crippen LogP contribution in [-0.4, -0.2) is 57.5 Å². The van der Waals surface area contributed by atoms with Crippen LogP contribution in [0.1, 0.15) is 19.3 Å².